The van der Waals surface area contributed by atoms with Crippen LogP contribution in [-0.2, 0) is 6.54 Å². The van der Waals surface area contributed by atoms with E-state index in [1.807, 2.05) is 86.5 Å². The Morgan fingerprint density at radius 1 is 0.938 bits per heavy atom. The number of anilines is 1. The Labute approximate surface area is 185 Å². The van der Waals surface area contributed by atoms with Crippen LogP contribution in [0.25, 0.3) is 21.5 Å². The molecule has 0 aliphatic carbocycles. The minimum absolute atomic E-state index is 0.0256. The number of amidine groups is 1. The molecule has 0 saturated carbocycles. The number of aliphatic imine (C=N–C) groups is 1. The van der Waals surface area contributed by atoms with Crippen LogP contribution >= 0.6 is 0 Å². The van der Waals surface area contributed by atoms with E-state index in [-0.39, 0.29) is 11.4 Å². The second-order valence-electron chi connectivity index (χ2n) is 8.59. The van der Waals surface area contributed by atoms with E-state index in [0.717, 1.165) is 27.4 Å². The summed E-state index contributed by atoms with van der Waals surface area (Å²) in [4.78, 5) is 26.8. The first-order valence-corrected chi connectivity index (χ1v) is 10.6. The first-order chi connectivity index (χ1) is 15.3. The van der Waals surface area contributed by atoms with Crippen LogP contribution in [0.1, 0.15) is 5.56 Å². The molecule has 0 unspecified atom stereocenters. The molecule has 162 valence electrons. The standard InChI is InChI=1S/C25H25N5O2/c1-28(2)12-13-30-24(31)18-7-5-6-17-21(18)19(25(30)32)14-20-22(17)27-23(26-20)15-8-10-16(11-9-15)29(3)4/h5-11,14,32H,12-13H2,1-4H3. The predicted molar refractivity (Wildman–Crippen MR) is 130 cm³/mol. The lowest BCUT2D eigenvalue weighted by molar-refractivity contribution is 0.353. The third-order valence-electron chi connectivity index (χ3n) is 5.94. The van der Waals surface area contributed by atoms with E-state index in [9.17, 15) is 9.90 Å². The zero-order valence-corrected chi connectivity index (χ0v) is 18.6. The molecule has 1 aromatic heterocycles. The van der Waals surface area contributed by atoms with E-state index < -0.39 is 0 Å². The highest BCUT2D eigenvalue weighted by Crippen LogP contribution is 2.33. The first-order valence-electron chi connectivity index (χ1n) is 10.6. The van der Waals surface area contributed by atoms with Crippen molar-refractivity contribution < 1.29 is 5.11 Å². The third kappa shape index (κ3) is 3.13. The fraction of sp³-hybridized carbons (Fsp3) is 0.240. The van der Waals surface area contributed by atoms with Gasteiger partial charge in [-0.2, -0.15) is 0 Å². The molecule has 7 heteroatoms. The largest absolute Gasteiger partial charge is 0.494 e. The smallest absolute Gasteiger partial charge is 0.261 e. The quantitative estimate of drug-likeness (QED) is 0.532. The molecule has 0 saturated heterocycles. The number of hydrogen-bond donors (Lipinski definition) is 1. The second kappa shape index (κ2) is 7.46. The van der Waals surface area contributed by atoms with Gasteiger partial charge in [-0.25, -0.2) is 9.98 Å². The zero-order valence-electron chi connectivity index (χ0n) is 18.6. The van der Waals surface area contributed by atoms with Gasteiger partial charge in [0.25, 0.3) is 5.56 Å². The van der Waals surface area contributed by atoms with Gasteiger partial charge in [0.2, 0.25) is 5.88 Å². The van der Waals surface area contributed by atoms with Gasteiger partial charge in [0.05, 0.1) is 11.0 Å². The van der Waals surface area contributed by atoms with Crippen LogP contribution < -0.4 is 15.8 Å². The van der Waals surface area contributed by atoms with Crippen LogP contribution in [0.2, 0.25) is 0 Å². The monoisotopic (exact) mass is 427 g/mol. The van der Waals surface area contributed by atoms with Crippen molar-refractivity contribution in [3.05, 3.63) is 69.8 Å². The summed E-state index contributed by atoms with van der Waals surface area (Å²) in [7, 11) is 7.88. The molecular formula is C25H25N5O2. The number of rotatable bonds is 5. The topological polar surface area (TPSA) is 73.4 Å². The fourth-order valence-electron chi connectivity index (χ4n) is 4.19. The summed E-state index contributed by atoms with van der Waals surface area (Å²) in [6.45, 7) is 1.05. The van der Waals surface area contributed by atoms with E-state index in [0.29, 0.717) is 35.4 Å². The maximum atomic E-state index is 13.2. The average molecular weight is 428 g/mol. The molecule has 7 nitrogen and oxygen atoms in total. The fourth-order valence-corrected chi connectivity index (χ4v) is 4.19. The number of likely N-dealkylation sites (N-methyl/N-ethyl adjacent to an activating group) is 1. The number of aromatic nitrogens is 1. The van der Waals surface area contributed by atoms with Crippen molar-refractivity contribution in [2.75, 3.05) is 39.6 Å². The summed E-state index contributed by atoms with van der Waals surface area (Å²) < 4.78 is 1.44. The molecule has 0 bridgehead atoms. The van der Waals surface area contributed by atoms with Gasteiger partial charge in [0.15, 0.2) is 5.84 Å². The highest BCUT2D eigenvalue weighted by atomic mass is 16.3. The van der Waals surface area contributed by atoms with Crippen molar-refractivity contribution >= 4 is 38.8 Å². The van der Waals surface area contributed by atoms with Crippen molar-refractivity contribution in [2.24, 2.45) is 9.98 Å². The van der Waals surface area contributed by atoms with Gasteiger partial charge in [-0.3, -0.25) is 9.36 Å². The van der Waals surface area contributed by atoms with Gasteiger partial charge >= 0.3 is 0 Å². The van der Waals surface area contributed by atoms with Gasteiger partial charge < -0.3 is 14.9 Å². The van der Waals surface area contributed by atoms with Crippen molar-refractivity contribution in [3.63, 3.8) is 0 Å². The highest BCUT2D eigenvalue weighted by molar-refractivity contribution is 6.14. The maximum absolute atomic E-state index is 13.2. The SMILES string of the molecule is CN(C)CCn1c(O)c2cc3c(c4cccc(c1=O)c24)=NC(c1ccc(N(C)C)cc1)=N3. The van der Waals surface area contributed by atoms with Crippen LogP contribution in [-0.4, -0.2) is 55.1 Å². The third-order valence-corrected chi connectivity index (χ3v) is 5.94. The maximum Gasteiger partial charge on any atom is 0.261 e. The molecule has 0 spiro atoms. The summed E-state index contributed by atoms with van der Waals surface area (Å²) in [6, 6.07) is 15.5. The van der Waals surface area contributed by atoms with Crippen molar-refractivity contribution in [3.8, 4) is 5.88 Å². The molecule has 5 rings (SSSR count). The number of hydrogen-bond acceptors (Lipinski definition) is 6. The Morgan fingerprint density at radius 2 is 1.66 bits per heavy atom. The van der Waals surface area contributed by atoms with Gasteiger partial charge in [-0.1, -0.05) is 12.1 Å². The minimum Gasteiger partial charge on any atom is -0.494 e. The van der Waals surface area contributed by atoms with E-state index in [2.05, 4.69) is 0 Å². The average Bonchev–Trinajstić information content (AvgIpc) is 3.21. The molecule has 2 heterocycles. The number of pyridine rings is 1. The Morgan fingerprint density at radius 3 is 2.34 bits per heavy atom. The van der Waals surface area contributed by atoms with Crippen LogP contribution in [0.5, 0.6) is 5.88 Å². The number of fused-ring (bicyclic) bond motifs is 2. The zero-order chi connectivity index (χ0) is 22.6. The van der Waals surface area contributed by atoms with E-state index in [1.54, 1.807) is 0 Å². The number of nitrogens with zero attached hydrogens (tertiary/aromatic N) is 5. The molecule has 0 radical (unpaired) electrons. The molecule has 0 fully saturated rings. The number of benzene rings is 3. The normalized spacial score (nSPS) is 13.0. The molecule has 1 aliphatic rings. The first kappa shape index (κ1) is 20.2. The summed E-state index contributed by atoms with van der Waals surface area (Å²) >= 11 is 0. The van der Waals surface area contributed by atoms with Crippen molar-refractivity contribution in [2.45, 2.75) is 6.54 Å². The van der Waals surface area contributed by atoms with E-state index >= 15 is 0 Å². The van der Waals surface area contributed by atoms with Crippen LogP contribution in [0, 0.1) is 0 Å². The van der Waals surface area contributed by atoms with Gasteiger partial charge in [-0.15, -0.1) is 0 Å². The molecule has 32 heavy (non-hydrogen) atoms. The molecule has 3 aromatic carbocycles. The summed E-state index contributed by atoms with van der Waals surface area (Å²) in [5.74, 6) is 0.603. The summed E-state index contributed by atoms with van der Waals surface area (Å²) in [5.41, 5.74) is 2.53. The molecule has 4 aromatic rings. The van der Waals surface area contributed by atoms with Crippen LogP contribution in [0.3, 0.4) is 0 Å². The predicted octanol–water partition coefficient (Wildman–Crippen LogP) is 2.92. The Balaban J connectivity index is 1.72. The van der Waals surface area contributed by atoms with Gasteiger partial charge in [0, 0.05) is 60.0 Å². The summed E-state index contributed by atoms with van der Waals surface area (Å²) in [6.07, 6.45) is 0. The lowest BCUT2D eigenvalue weighted by atomic mass is 10.0. The molecule has 1 aliphatic heterocycles. The highest BCUT2D eigenvalue weighted by Gasteiger charge is 2.21. The Hall–Kier alpha value is -3.71. The summed E-state index contributed by atoms with van der Waals surface area (Å²) in [5, 5.41) is 14.5. The molecule has 1 N–H and O–H groups in total. The Bertz CT molecular complexity index is 1500. The second-order valence-corrected chi connectivity index (χ2v) is 8.59. The van der Waals surface area contributed by atoms with Crippen LogP contribution in [0.4, 0.5) is 11.4 Å². The molecule has 0 atom stereocenters. The van der Waals surface area contributed by atoms with Crippen molar-refractivity contribution in [1.82, 2.24) is 9.47 Å². The van der Waals surface area contributed by atoms with Gasteiger partial charge in [0.1, 0.15) is 0 Å². The van der Waals surface area contributed by atoms with Gasteiger partial charge in [-0.05, 0) is 50.5 Å². The number of aromatic hydroxyl groups is 1. The van der Waals surface area contributed by atoms with E-state index in [4.69, 9.17) is 9.98 Å². The Kier molecular flexibility index (Phi) is 4.71. The van der Waals surface area contributed by atoms with E-state index in [1.165, 1.54) is 4.57 Å². The molecular weight excluding hydrogens is 402 g/mol. The lowest BCUT2D eigenvalue weighted by Crippen LogP contribution is -2.27. The molecule has 0 amide bonds. The van der Waals surface area contributed by atoms with Crippen LogP contribution in [0.15, 0.2) is 63.3 Å². The van der Waals surface area contributed by atoms with Crippen molar-refractivity contribution in [1.29, 1.82) is 0 Å². The minimum atomic E-state index is -0.194. The lowest BCUT2D eigenvalue weighted by Gasteiger charge is -2.16.